The number of benzene rings is 2. The Morgan fingerprint density at radius 1 is 1.00 bits per heavy atom. The van der Waals surface area contributed by atoms with E-state index in [0.717, 1.165) is 22.5 Å². The minimum atomic E-state index is 0.367. The number of hydrogen-bond acceptors (Lipinski definition) is 5. The average molecular weight is 266 g/mol. The smallest absolute Gasteiger partial charge is 0.174 e. The third-order valence-corrected chi connectivity index (χ3v) is 2.93. The van der Waals surface area contributed by atoms with Gasteiger partial charge in [0.05, 0.1) is 18.1 Å². The van der Waals surface area contributed by atoms with E-state index in [-0.39, 0.29) is 0 Å². The summed E-state index contributed by atoms with van der Waals surface area (Å²) in [5.74, 6) is 1.67. The molecule has 1 heterocycles. The number of nitrogens with one attached hydrogen (secondary N) is 1. The molecule has 0 amide bonds. The number of anilines is 3. The molecular formula is C15H14N4O. The topological polar surface area (TPSA) is 73.1 Å². The minimum absolute atomic E-state index is 0.367. The normalized spacial score (nSPS) is 10.4. The standard InChI is InChI=1S/C15H14N4O/c1-20-11-6-4-5-10(9-11)17-15-14(16)18-12-7-2-3-8-13(12)19-15/h2-9H,1H3,(H2,16,18)(H,17,19). The maximum absolute atomic E-state index is 5.94. The average Bonchev–Trinajstić information content (AvgIpc) is 2.48. The fourth-order valence-electron chi connectivity index (χ4n) is 1.94. The van der Waals surface area contributed by atoms with Crippen molar-refractivity contribution in [3.63, 3.8) is 0 Å². The Labute approximate surface area is 116 Å². The van der Waals surface area contributed by atoms with Crippen LogP contribution in [0.5, 0.6) is 5.75 Å². The molecule has 5 nitrogen and oxygen atoms in total. The van der Waals surface area contributed by atoms with Gasteiger partial charge in [-0.1, -0.05) is 18.2 Å². The summed E-state index contributed by atoms with van der Waals surface area (Å²) >= 11 is 0. The van der Waals surface area contributed by atoms with Crippen LogP contribution < -0.4 is 15.8 Å². The van der Waals surface area contributed by atoms with Crippen molar-refractivity contribution >= 4 is 28.4 Å². The van der Waals surface area contributed by atoms with E-state index in [1.165, 1.54) is 0 Å². The fourth-order valence-corrected chi connectivity index (χ4v) is 1.94. The maximum atomic E-state index is 5.94. The van der Waals surface area contributed by atoms with Gasteiger partial charge in [0, 0.05) is 11.8 Å². The third kappa shape index (κ3) is 2.33. The first-order valence-electron chi connectivity index (χ1n) is 6.19. The zero-order chi connectivity index (χ0) is 13.9. The molecule has 0 unspecified atom stereocenters. The Morgan fingerprint density at radius 2 is 1.75 bits per heavy atom. The molecule has 100 valence electrons. The van der Waals surface area contributed by atoms with Gasteiger partial charge >= 0.3 is 0 Å². The van der Waals surface area contributed by atoms with Gasteiger partial charge in [0.15, 0.2) is 11.6 Å². The van der Waals surface area contributed by atoms with Gasteiger partial charge in [0.25, 0.3) is 0 Å². The van der Waals surface area contributed by atoms with Crippen LogP contribution in [-0.4, -0.2) is 17.1 Å². The minimum Gasteiger partial charge on any atom is -0.497 e. The molecule has 0 bridgehead atoms. The second kappa shape index (κ2) is 5.05. The Kier molecular flexibility index (Phi) is 3.09. The van der Waals surface area contributed by atoms with Crippen LogP contribution in [0.25, 0.3) is 11.0 Å². The van der Waals surface area contributed by atoms with Crippen LogP contribution in [0.15, 0.2) is 48.5 Å². The monoisotopic (exact) mass is 266 g/mol. The molecule has 0 radical (unpaired) electrons. The number of rotatable bonds is 3. The maximum Gasteiger partial charge on any atom is 0.174 e. The van der Waals surface area contributed by atoms with Gasteiger partial charge in [0.1, 0.15) is 5.75 Å². The molecule has 3 N–H and O–H groups in total. The van der Waals surface area contributed by atoms with Crippen molar-refractivity contribution in [2.75, 3.05) is 18.2 Å². The molecule has 2 aromatic carbocycles. The van der Waals surface area contributed by atoms with E-state index in [4.69, 9.17) is 10.5 Å². The van der Waals surface area contributed by atoms with Crippen molar-refractivity contribution in [3.05, 3.63) is 48.5 Å². The second-order valence-electron chi connectivity index (χ2n) is 4.30. The highest BCUT2D eigenvalue weighted by Gasteiger charge is 2.06. The summed E-state index contributed by atoms with van der Waals surface area (Å²) in [5.41, 5.74) is 8.36. The van der Waals surface area contributed by atoms with Crippen molar-refractivity contribution in [1.29, 1.82) is 0 Å². The lowest BCUT2D eigenvalue weighted by Gasteiger charge is -2.10. The highest BCUT2D eigenvalue weighted by Crippen LogP contribution is 2.24. The Balaban J connectivity index is 1.99. The first kappa shape index (κ1) is 12.2. The Morgan fingerprint density at radius 3 is 2.50 bits per heavy atom. The number of ether oxygens (including phenoxy) is 1. The Hall–Kier alpha value is -2.82. The zero-order valence-electron chi connectivity index (χ0n) is 11.0. The number of nitrogen functional groups attached to an aromatic ring is 1. The van der Waals surface area contributed by atoms with E-state index in [1.807, 2.05) is 48.5 Å². The molecule has 1 aromatic heterocycles. The van der Waals surface area contributed by atoms with Gasteiger partial charge in [0.2, 0.25) is 0 Å². The number of fused-ring (bicyclic) bond motifs is 1. The lowest BCUT2D eigenvalue weighted by Crippen LogP contribution is -2.02. The van der Waals surface area contributed by atoms with E-state index >= 15 is 0 Å². The van der Waals surface area contributed by atoms with Crippen LogP contribution in [-0.2, 0) is 0 Å². The molecule has 3 rings (SSSR count). The van der Waals surface area contributed by atoms with Crippen LogP contribution >= 0.6 is 0 Å². The van der Waals surface area contributed by atoms with E-state index in [2.05, 4.69) is 15.3 Å². The van der Waals surface area contributed by atoms with Crippen LogP contribution in [0, 0.1) is 0 Å². The summed E-state index contributed by atoms with van der Waals surface area (Å²) in [6.45, 7) is 0. The first-order valence-corrected chi connectivity index (χ1v) is 6.19. The summed E-state index contributed by atoms with van der Waals surface area (Å²) < 4.78 is 5.19. The largest absolute Gasteiger partial charge is 0.497 e. The molecule has 0 aliphatic heterocycles. The summed E-state index contributed by atoms with van der Waals surface area (Å²) in [5, 5.41) is 3.16. The Bertz CT molecular complexity index is 758. The lowest BCUT2D eigenvalue weighted by atomic mass is 10.3. The van der Waals surface area contributed by atoms with E-state index < -0.39 is 0 Å². The number of para-hydroxylation sites is 2. The highest BCUT2D eigenvalue weighted by atomic mass is 16.5. The number of nitrogens with two attached hydrogens (primary N) is 1. The first-order chi connectivity index (χ1) is 9.76. The number of hydrogen-bond donors (Lipinski definition) is 2. The molecule has 0 saturated carbocycles. The molecule has 0 atom stereocenters. The van der Waals surface area contributed by atoms with Gasteiger partial charge in [-0.05, 0) is 24.3 Å². The SMILES string of the molecule is COc1cccc(Nc2nc3ccccc3nc2N)c1. The number of aromatic nitrogens is 2. The van der Waals surface area contributed by atoms with Crippen LogP contribution in [0.2, 0.25) is 0 Å². The summed E-state index contributed by atoms with van der Waals surface area (Å²) in [7, 11) is 1.63. The van der Waals surface area contributed by atoms with Crippen LogP contribution in [0.3, 0.4) is 0 Å². The van der Waals surface area contributed by atoms with Crippen molar-refractivity contribution in [3.8, 4) is 5.75 Å². The predicted molar refractivity (Wildman–Crippen MR) is 80.2 cm³/mol. The molecule has 0 aliphatic carbocycles. The van der Waals surface area contributed by atoms with E-state index in [0.29, 0.717) is 11.6 Å². The van der Waals surface area contributed by atoms with E-state index in [9.17, 15) is 0 Å². The molecule has 0 aliphatic rings. The van der Waals surface area contributed by atoms with Crippen LogP contribution in [0.1, 0.15) is 0 Å². The highest BCUT2D eigenvalue weighted by molar-refractivity contribution is 5.80. The van der Waals surface area contributed by atoms with Gasteiger partial charge in [-0.3, -0.25) is 0 Å². The molecule has 0 saturated heterocycles. The van der Waals surface area contributed by atoms with E-state index in [1.54, 1.807) is 7.11 Å². The van der Waals surface area contributed by atoms with Gasteiger partial charge in [-0.25, -0.2) is 9.97 Å². The summed E-state index contributed by atoms with van der Waals surface area (Å²) in [6.07, 6.45) is 0. The van der Waals surface area contributed by atoms with Crippen molar-refractivity contribution in [1.82, 2.24) is 9.97 Å². The molecule has 20 heavy (non-hydrogen) atoms. The molecule has 5 heteroatoms. The third-order valence-electron chi connectivity index (χ3n) is 2.93. The molecule has 0 spiro atoms. The predicted octanol–water partition coefficient (Wildman–Crippen LogP) is 2.96. The molecule has 0 fully saturated rings. The van der Waals surface area contributed by atoms with Crippen molar-refractivity contribution < 1.29 is 4.74 Å². The van der Waals surface area contributed by atoms with Crippen LogP contribution in [0.4, 0.5) is 17.3 Å². The van der Waals surface area contributed by atoms with Crippen molar-refractivity contribution in [2.45, 2.75) is 0 Å². The number of nitrogens with zero attached hydrogens (tertiary/aromatic N) is 2. The molecular weight excluding hydrogens is 252 g/mol. The summed E-state index contributed by atoms with van der Waals surface area (Å²) in [4.78, 5) is 8.82. The van der Waals surface area contributed by atoms with Gasteiger partial charge in [-0.2, -0.15) is 0 Å². The van der Waals surface area contributed by atoms with Gasteiger partial charge < -0.3 is 15.8 Å². The fraction of sp³-hybridized carbons (Fsp3) is 0.0667. The second-order valence-corrected chi connectivity index (χ2v) is 4.30. The van der Waals surface area contributed by atoms with Crippen molar-refractivity contribution in [2.24, 2.45) is 0 Å². The quantitative estimate of drug-likeness (QED) is 0.762. The molecule has 3 aromatic rings. The lowest BCUT2D eigenvalue weighted by molar-refractivity contribution is 0.415. The number of methoxy groups -OCH3 is 1. The van der Waals surface area contributed by atoms with Gasteiger partial charge in [-0.15, -0.1) is 0 Å². The zero-order valence-corrected chi connectivity index (χ0v) is 11.0. The summed E-state index contributed by atoms with van der Waals surface area (Å²) in [6, 6.07) is 15.2.